The molecule has 1 saturated carbocycles. The number of aliphatic hydroxyl groups is 3. The van der Waals surface area contributed by atoms with Crippen molar-refractivity contribution in [2.75, 3.05) is 5.73 Å². The van der Waals surface area contributed by atoms with Gasteiger partial charge < -0.3 is 25.8 Å². The van der Waals surface area contributed by atoms with Gasteiger partial charge in [0.1, 0.15) is 18.0 Å². The maximum atomic E-state index is 11.7. The molecular formula is C11H11N3O5. The van der Waals surface area contributed by atoms with Gasteiger partial charge in [-0.25, -0.2) is 4.79 Å². The fourth-order valence-corrected chi connectivity index (χ4v) is 2.51. The van der Waals surface area contributed by atoms with E-state index in [9.17, 15) is 20.1 Å². The highest BCUT2D eigenvalue weighted by atomic mass is 16.6. The normalized spacial score (nSPS) is 43.6. The van der Waals surface area contributed by atoms with Gasteiger partial charge in [0.15, 0.2) is 17.4 Å². The third kappa shape index (κ3) is 1.18. The standard InChI is InChI=1S/C11H11N3O5/c1-2-10-8(16)11(10,18)6(15)7(19-10)14-4-3-5(12)13-9(14)17/h1,3-4,6-8,15-16,18H,(H2,12,13,17)/t6-,7+,8?,10+,11+/m0/s1. The minimum absolute atomic E-state index is 0.0179. The Morgan fingerprint density at radius 3 is 2.79 bits per heavy atom. The molecule has 1 aliphatic heterocycles. The first-order valence-electron chi connectivity index (χ1n) is 5.47. The Bertz CT molecular complexity index is 652. The highest BCUT2D eigenvalue weighted by Crippen LogP contribution is 2.61. The number of aromatic nitrogens is 2. The summed E-state index contributed by atoms with van der Waals surface area (Å²) in [7, 11) is 0. The minimum atomic E-state index is -1.98. The van der Waals surface area contributed by atoms with Crippen LogP contribution in [-0.4, -0.2) is 48.3 Å². The molecule has 100 valence electrons. The highest BCUT2D eigenvalue weighted by molar-refractivity contribution is 5.45. The number of terminal acetylenes is 1. The number of nitrogens with two attached hydrogens (primary N) is 1. The van der Waals surface area contributed by atoms with Crippen molar-refractivity contribution in [2.45, 2.75) is 29.6 Å². The zero-order chi connectivity index (χ0) is 14.0. The lowest BCUT2D eigenvalue weighted by Crippen LogP contribution is -2.40. The van der Waals surface area contributed by atoms with E-state index >= 15 is 0 Å². The molecule has 8 heteroatoms. The highest BCUT2D eigenvalue weighted by Gasteiger charge is 2.87. The molecule has 19 heavy (non-hydrogen) atoms. The summed E-state index contributed by atoms with van der Waals surface area (Å²) in [6.07, 6.45) is 2.31. The monoisotopic (exact) mass is 265 g/mol. The van der Waals surface area contributed by atoms with E-state index in [0.29, 0.717) is 0 Å². The van der Waals surface area contributed by atoms with Crippen LogP contribution in [0.15, 0.2) is 17.1 Å². The molecule has 2 heterocycles. The molecule has 2 fully saturated rings. The van der Waals surface area contributed by atoms with E-state index in [1.807, 2.05) is 0 Å². The van der Waals surface area contributed by atoms with Crippen molar-refractivity contribution in [3.05, 3.63) is 22.7 Å². The minimum Gasteiger partial charge on any atom is -0.386 e. The largest absolute Gasteiger partial charge is 0.386 e. The van der Waals surface area contributed by atoms with Crippen molar-refractivity contribution >= 4 is 5.82 Å². The first kappa shape index (κ1) is 12.1. The van der Waals surface area contributed by atoms with Gasteiger partial charge in [0.2, 0.25) is 0 Å². The van der Waals surface area contributed by atoms with Crippen molar-refractivity contribution < 1.29 is 20.1 Å². The molecule has 1 aliphatic carbocycles. The van der Waals surface area contributed by atoms with Gasteiger partial charge in [-0.05, 0) is 6.07 Å². The molecule has 5 N–H and O–H groups in total. The maximum Gasteiger partial charge on any atom is 0.351 e. The Morgan fingerprint density at radius 2 is 2.26 bits per heavy atom. The zero-order valence-corrected chi connectivity index (χ0v) is 9.59. The molecule has 1 unspecified atom stereocenters. The second kappa shape index (κ2) is 3.34. The summed E-state index contributed by atoms with van der Waals surface area (Å²) in [5.74, 6) is 2.14. The number of nitrogen functional groups attached to an aromatic ring is 1. The van der Waals surface area contributed by atoms with Crippen LogP contribution in [0.25, 0.3) is 0 Å². The summed E-state index contributed by atoms with van der Waals surface area (Å²) in [5.41, 5.74) is 0.918. The molecule has 0 amide bonds. The van der Waals surface area contributed by atoms with Gasteiger partial charge in [0.05, 0.1) is 0 Å². The second-order valence-corrected chi connectivity index (χ2v) is 4.60. The predicted molar refractivity (Wildman–Crippen MR) is 61.6 cm³/mol. The average molecular weight is 265 g/mol. The lowest BCUT2D eigenvalue weighted by molar-refractivity contribution is -0.105. The maximum absolute atomic E-state index is 11.7. The SMILES string of the molecule is C#C[C@]12O[C@@H](n3ccc(N)nc3=O)[C@H](O)[C@@]1(O)C2O. The smallest absolute Gasteiger partial charge is 0.351 e. The van der Waals surface area contributed by atoms with E-state index in [1.54, 1.807) is 0 Å². The fourth-order valence-electron chi connectivity index (χ4n) is 2.51. The zero-order valence-electron chi connectivity index (χ0n) is 9.59. The van der Waals surface area contributed by atoms with Crippen LogP contribution in [0.1, 0.15) is 6.23 Å². The molecule has 5 atom stereocenters. The second-order valence-electron chi connectivity index (χ2n) is 4.60. The van der Waals surface area contributed by atoms with E-state index in [2.05, 4.69) is 10.9 Å². The number of hydrogen-bond donors (Lipinski definition) is 4. The van der Waals surface area contributed by atoms with Crippen LogP contribution in [0, 0.1) is 12.3 Å². The van der Waals surface area contributed by atoms with Crippen molar-refractivity contribution in [1.82, 2.24) is 9.55 Å². The van der Waals surface area contributed by atoms with Gasteiger partial charge in [-0.3, -0.25) is 4.57 Å². The number of fused-ring (bicyclic) bond motifs is 1. The number of rotatable bonds is 1. The number of aliphatic hydroxyl groups excluding tert-OH is 2. The molecule has 8 nitrogen and oxygen atoms in total. The Morgan fingerprint density at radius 1 is 1.58 bits per heavy atom. The summed E-state index contributed by atoms with van der Waals surface area (Å²) in [5, 5.41) is 29.7. The lowest BCUT2D eigenvalue weighted by atomic mass is 10.1. The Hall–Kier alpha value is -1.92. The molecule has 0 aromatic carbocycles. The van der Waals surface area contributed by atoms with Crippen molar-refractivity contribution in [3.8, 4) is 12.3 Å². The summed E-state index contributed by atoms with van der Waals surface area (Å²) < 4.78 is 6.26. The van der Waals surface area contributed by atoms with E-state index in [1.165, 1.54) is 12.3 Å². The van der Waals surface area contributed by atoms with Crippen LogP contribution in [0.3, 0.4) is 0 Å². The summed E-state index contributed by atoms with van der Waals surface area (Å²) >= 11 is 0. The van der Waals surface area contributed by atoms with Gasteiger partial charge in [-0.1, -0.05) is 5.92 Å². The van der Waals surface area contributed by atoms with Crippen LogP contribution < -0.4 is 11.4 Å². The number of nitrogens with zero attached hydrogens (tertiary/aromatic N) is 2. The molecule has 1 saturated heterocycles. The molecule has 1 aromatic rings. The third-order valence-electron chi connectivity index (χ3n) is 3.68. The first-order chi connectivity index (χ1) is 8.88. The molecule has 2 aliphatic rings. The molecule has 1 aromatic heterocycles. The lowest BCUT2D eigenvalue weighted by Gasteiger charge is -2.22. The van der Waals surface area contributed by atoms with Crippen molar-refractivity contribution in [3.63, 3.8) is 0 Å². The van der Waals surface area contributed by atoms with Gasteiger partial charge in [-0.2, -0.15) is 4.98 Å². The van der Waals surface area contributed by atoms with Crippen LogP contribution in [-0.2, 0) is 4.74 Å². The molecule has 0 radical (unpaired) electrons. The number of anilines is 1. The Labute approximate surface area is 107 Å². The van der Waals surface area contributed by atoms with E-state index in [-0.39, 0.29) is 5.82 Å². The summed E-state index contributed by atoms with van der Waals surface area (Å²) in [6.45, 7) is 0. The van der Waals surface area contributed by atoms with E-state index in [4.69, 9.17) is 16.9 Å². The van der Waals surface area contributed by atoms with E-state index in [0.717, 1.165) is 4.57 Å². The van der Waals surface area contributed by atoms with Crippen LogP contribution >= 0.6 is 0 Å². The average Bonchev–Trinajstić information content (AvgIpc) is 2.73. The van der Waals surface area contributed by atoms with Gasteiger partial charge >= 0.3 is 5.69 Å². The Balaban J connectivity index is 2.03. The van der Waals surface area contributed by atoms with E-state index < -0.39 is 35.3 Å². The molecule has 0 spiro atoms. The van der Waals surface area contributed by atoms with Gasteiger partial charge in [-0.15, -0.1) is 6.42 Å². The van der Waals surface area contributed by atoms with Crippen molar-refractivity contribution in [1.29, 1.82) is 0 Å². The number of hydrogen-bond acceptors (Lipinski definition) is 7. The summed E-state index contributed by atoms with van der Waals surface area (Å²) in [6, 6.07) is 1.34. The Kier molecular flexibility index (Phi) is 2.13. The van der Waals surface area contributed by atoms with Gasteiger partial charge in [0.25, 0.3) is 0 Å². The third-order valence-corrected chi connectivity index (χ3v) is 3.68. The molecular weight excluding hydrogens is 254 g/mol. The fraction of sp³-hybridized carbons (Fsp3) is 0.455. The predicted octanol–water partition coefficient (Wildman–Crippen LogP) is -2.81. The first-order valence-corrected chi connectivity index (χ1v) is 5.47. The summed E-state index contributed by atoms with van der Waals surface area (Å²) in [4.78, 5) is 15.1. The van der Waals surface area contributed by atoms with Crippen LogP contribution in [0.2, 0.25) is 0 Å². The van der Waals surface area contributed by atoms with Crippen LogP contribution in [0.5, 0.6) is 0 Å². The van der Waals surface area contributed by atoms with Gasteiger partial charge in [0, 0.05) is 6.20 Å². The molecule has 0 bridgehead atoms. The number of ether oxygens (including phenoxy) is 1. The van der Waals surface area contributed by atoms with Crippen molar-refractivity contribution in [2.24, 2.45) is 0 Å². The topological polar surface area (TPSA) is 131 Å². The van der Waals surface area contributed by atoms with Crippen LogP contribution in [0.4, 0.5) is 5.82 Å². The quantitative estimate of drug-likeness (QED) is 0.403. The molecule has 3 rings (SSSR count).